The molecule has 0 aromatic carbocycles. The van der Waals surface area contributed by atoms with E-state index in [1.807, 2.05) is 11.3 Å². The lowest BCUT2D eigenvalue weighted by molar-refractivity contribution is 1.71. The largest absolute Gasteiger partial charge is 0.152 e. The smallest absolute Gasteiger partial charge is 0.0919 e. The average Bonchev–Trinajstić information content (AvgIpc) is 2.26. The van der Waals surface area contributed by atoms with Crippen molar-refractivity contribution in [1.29, 1.82) is 0 Å². The molecule has 0 unspecified atom stereocenters. The van der Waals surface area contributed by atoms with E-state index in [0.29, 0.717) is 0 Å². The molecular formula is C10H18Br2SSi2. The van der Waals surface area contributed by atoms with Gasteiger partial charge in [0.05, 0.1) is 16.1 Å². The van der Waals surface area contributed by atoms with Gasteiger partial charge < -0.3 is 0 Å². The van der Waals surface area contributed by atoms with Gasteiger partial charge in [0.25, 0.3) is 0 Å². The topological polar surface area (TPSA) is 0 Å². The standard InChI is InChI=1S/C10H18Br2SSi2/c1-14(2,3)9-7(11)8(12)10(13-9)15(4,5)6/h1-6H3. The van der Waals surface area contributed by atoms with Crippen molar-refractivity contribution in [3.63, 3.8) is 0 Å². The molecule has 5 heteroatoms. The number of hydrogen-bond donors (Lipinski definition) is 0. The van der Waals surface area contributed by atoms with Crippen LogP contribution >= 0.6 is 43.2 Å². The molecule has 1 aromatic heterocycles. The number of rotatable bonds is 2. The maximum absolute atomic E-state index is 3.75. The van der Waals surface area contributed by atoms with Crippen LogP contribution in [0, 0.1) is 0 Å². The summed E-state index contributed by atoms with van der Waals surface area (Å²) in [6.45, 7) is 14.4. The lowest BCUT2D eigenvalue weighted by Gasteiger charge is -2.15. The van der Waals surface area contributed by atoms with Gasteiger partial charge in [0.2, 0.25) is 0 Å². The summed E-state index contributed by atoms with van der Waals surface area (Å²) in [6, 6.07) is 0. The van der Waals surface area contributed by atoms with Crippen LogP contribution < -0.4 is 9.00 Å². The SMILES string of the molecule is C[Si](C)(C)c1sc([Si](C)(C)C)c(Br)c1Br. The third-order valence-electron chi connectivity index (χ3n) is 2.16. The first-order valence-electron chi connectivity index (χ1n) is 5.04. The average molecular weight is 386 g/mol. The Balaban J connectivity index is 3.38. The molecule has 0 spiro atoms. The maximum Gasteiger partial charge on any atom is 0.0919 e. The normalized spacial score (nSPS) is 13.3. The summed E-state index contributed by atoms with van der Waals surface area (Å²) < 4.78 is 5.83. The molecule has 0 radical (unpaired) electrons. The summed E-state index contributed by atoms with van der Waals surface area (Å²) in [5.41, 5.74) is 0. The van der Waals surface area contributed by atoms with Crippen molar-refractivity contribution in [2.45, 2.75) is 39.3 Å². The maximum atomic E-state index is 3.75. The van der Waals surface area contributed by atoms with E-state index in [9.17, 15) is 0 Å². The van der Waals surface area contributed by atoms with Crippen molar-refractivity contribution >= 4 is 68.3 Å². The van der Waals surface area contributed by atoms with E-state index < -0.39 is 16.1 Å². The van der Waals surface area contributed by atoms with E-state index in [1.54, 1.807) is 9.00 Å². The van der Waals surface area contributed by atoms with E-state index in [0.717, 1.165) is 0 Å². The fourth-order valence-corrected chi connectivity index (χ4v) is 12.0. The van der Waals surface area contributed by atoms with Gasteiger partial charge in [-0.3, -0.25) is 0 Å². The third-order valence-corrected chi connectivity index (χ3v) is 13.9. The van der Waals surface area contributed by atoms with Crippen LogP contribution in [0.5, 0.6) is 0 Å². The molecule has 0 aliphatic rings. The monoisotopic (exact) mass is 384 g/mol. The quantitative estimate of drug-likeness (QED) is 0.663. The van der Waals surface area contributed by atoms with Gasteiger partial charge in [0.1, 0.15) is 0 Å². The van der Waals surface area contributed by atoms with Crippen molar-refractivity contribution in [3.05, 3.63) is 8.95 Å². The van der Waals surface area contributed by atoms with E-state index in [-0.39, 0.29) is 0 Å². The minimum atomic E-state index is -1.20. The van der Waals surface area contributed by atoms with Gasteiger partial charge in [0.15, 0.2) is 0 Å². The molecular weight excluding hydrogens is 368 g/mol. The van der Waals surface area contributed by atoms with Crippen molar-refractivity contribution in [3.8, 4) is 0 Å². The molecule has 0 saturated carbocycles. The van der Waals surface area contributed by atoms with Crippen molar-refractivity contribution < 1.29 is 0 Å². The highest BCUT2D eigenvalue weighted by atomic mass is 79.9. The first kappa shape index (κ1) is 14.2. The lowest BCUT2D eigenvalue weighted by Crippen LogP contribution is -2.38. The summed E-state index contributed by atoms with van der Waals surface area (Å²) in [6.07, 6.45) is 0. The van der Waals surface area contributed by atoms with Gasteiger partial charge in [-0.2, -0.15) is 11.3 Å². The predicted molar refractivity (Wildman–Crippen MR) is 85.7 cm³/mol. The van der Waals surface area contributed by atoms with Crippen molar-refractivity contribution in [1.82, 2.24) is 0 Å². The van der Waals surface area contributed by atoms with Crippen LogP contribution in [-0.2, 0) is 0 Å². The number of thiophene rings is 1. The van der Waals surface area contributed by atoms with E-state index in [4.69, 9.17) is 0 Å². The van der Waals surface area contributed by atoms with Gasteiger partial charge in [-0.1, -0.05) is 39.3 Å². The lowest BCUT2D eigenvalue weighted by atomic mass is 10.7. The number of halogens is 2. The fraction of sp³-hybridized carbons (Fsp3) is 0.600. The summed E-state index contributed by atoms with van der Waals surface area (Å²) in [7, 11) is -2.41. The Kier molecular flexibility index (Phi) is 4.16. The highest BCUT2D eigenvalue weighted by Gasteiger charge is 2.30. The van der Waals surface area contributed by atoms with Gasteiger partial charge in [-0.05, 0) is 31.9 Å². The van der Waals surface area contributed by atoms with E-state index in [1.165, 1.54) is 8.95 Å². The molecule has 0 saturated heterocycles. The summed E-state index contributed by atoms with van der Waals surface area (Å²) >= 11 is 9.53. The zero-order valence-corrected chi connectivity index (χ0v) is 16.2. The minimum Gasteiger partial charge on any atom is -0.152 e. The molecule has 0 aliphatic carbocycles. The molecule has 0 N–H and O–H groups in total. The Hall–Kier alpha value is 1.09. The Morgan fingerprint density at radius 1 is 0.733 bits per heavy atom. The summed E-state index contributed by atoms with van der Waals surface area (Å²) in [4.78, 5) is 0. The highest BCUT2D eigenvalue weighted by Crippen LogP contribution is 2.29. The van der Waals surface area contributed by atoms with Crippen LogP contribution in [-0.4, -0.2) is 16.1 Å². The Morgan fingerprint density at radius 3 is 1.13 bits per heavy atom. The number of hydrogen-bond acceptors (Lipinski definition) is 1. The molecule has 86 valence electrons. The molecule has 0 fully saturated rings. The summed E-state index contributed by atoms with van der Waals surface area (Å²) in [5.74, 6) is 0. The molecule has 0 atom stereocenters. The Bertz CT molecular complexity index is 337. The Labute approximate surface area is 116 Å². The van der Waals surface area contributed by atoms with Crippen LogP contribution in [0.15, 0.2) is 8.95 Å². The van der Waals surface area contributed by atoms with Gasteiger partial charge in [0, 0.05) is 17.9 Å². The highest BCUT2D eigenvalue weighted by molar-refractivity contribution is 9.13. The second-order valence-corrected chi connectivity index (χ2v) is 19.2. The Morgan fingerprint density at radius 2 is 1.00 bits per heavy atom. The summed E-state index contributed by atoms with van der Waals surface area (Å²) in [5, 5.41) is 0. The molecule has 1 rings (SSSR count). The van der Waals surface area contributed by atoms with Gasteiger partial charge in [-0.15, -0.1) is 0 Å². The minimum absolute atomic E-state index is 1.20. The fourth-order valence-electron chi connectivity index (χ4n) is 1.36. The third kappa shape index (κ3) is 3.06. The van der Waals surface area contributed by atoms with E-state index >= 15 is 0 Å². The second-order valence-electron chi connectivity index (χ2n) is 5.89. The van der Waals surface area contributed by atoms with Crippen LogP contribution in [0.3, 0.4) is 0 Å². The molecule has 15 heavy (non-hydrogen) atoms. The van der Waals surface area contributed by atoms with Crippen LogP contribution in [0.4, 0.5) is 0 Å². The van der Waals surface area contributed by atoms with Crippen molar-refractivity contribution in [2.24, 2.45) is 0 Å². The molecule has 0 bridgehead atoms. The molecule has 0 amide bonds. The van der Waals surface area contributed by atoms with Crippen molar-refractivity contribution in [2.75, 3.05) is 0 Å². The molecule has 0 nitrogen and oxygen atoms in total. The zero-order chi connectivity index (χ0) is 12.0. The van der Waals surface area contributed by atoms with E-state index in [2.05, 4.69) is 71.1 Å². The molecule has 1 heterocycles. The molecule has 1 aromatic rings. The van der Waals surface area contributed by atoms with Crippen LogP contribution in [0.1, 0.15) is 0 Å². The van der Waals surface area contributed by atoms with Crippen LogP contribution in [0.25, 0.3) is 0 Å². The van der Waals surface area contributed by atoms with Gasteiger partial charge in [-0.25, -0.2) is 0 Å². The predicted octanol–water partition coefficient (Wildman–Crippen LogP) is 4.36. The van der Waals surface area contributed by atoms with Gasteiger partial charge >= 0.3 is 0 Å². The molecule has 0 aliphatic heterocycles. The second kappa shape index (κ2) is 4.40. The zero-order valence-electron chi connectivity index (χ0n) is 10.2. The van der Waals surface area contributed by atoms with Crippen LogP contribution in [0.2, 0.25) is 39.3 Å². The first-order chi connectivity index (χ1) is 6.55. The first-order valence-corrected chi connectivity index (χ1v) is 14.4.